The van der Waals surface area contributed by atoms with Gasteiger partial charge in [0.15, 0.2) is 0 Å². The van der Waals surface area contributed by atoms with Gasteiger partial charge in [0.1, 0.15) is 24.1 Å². The molecule has 14 heteroatoms. The molecule has 13 nitrogen and oxygen atoms in total. The van der Waals surface area contributed by atoms with Gasteiger partial charge in [0, 0.05) is 77.5 Å². The topological polar surface area (TPSA) is 172 Å². The zero-order chi connectivity index (χ0) is 33.1. The van der Waals surface area contributed by atoms with Crippen molar-refractivity contribution in [3.05, 3.63) is 53.1 Å². The van der Waals surface area contributed by atoms with Gasteiger partial charge in [0.2, 0.25) is 11.9 Å². The van der Waals surface area contributed by atoms with Crippen molar-refractivity contribution in [3.63, 3.8) is 0 Å². The van der Waals surface area contributed by atoms with Crippen LogP contribution in [0, 0.1) is 11.7 Å². The highest BCUT2D eigenvalue weighted by Crippen LogP contribution is 2.23. The molecule has 1 amide bonds. The lowest BCUT2D eigenvalue weighted by molar-refractivity contribution is -0.134. The fraction of sp³-hybridized carbons (Fsp3) is 0.656. The van der Waals surface area contributed by atoms with E-state index in [0.717, 1.165) is 43.9 Å². The molecule has 2 saturated heterocycles. The van der Waals surface area contributed by atoms with Gasteiger partial charge in [-0.05, 0) is 42.4 Å². The Kier molecular flexibility index (Phi) is 14.0. The number of piperidine rings is 1. The van der Waals surface area contributed by atoms with Crippen molar-refractivity contribution in [2.45, 2.75) is 63.3 Å². The molecule has 0 spiro atoms. The molecule has 4 rings (SSSR count). The Hall–Kier alpha value is -2.82. The van der Waals surface area contributed by atoms with Crippen molar-refractivity contribution in [1.29, 1.82) is 0 Å². The highest BCUT2D eigenvalue weighted by atomic mass is 19.1. The van der Waals surface area contributed by atoms with Gasteiger partial charge in [-0.3, -0.25) is 9.69 Å². The molecular weight excluding hydrogens is 601 g/mol. The van der Waals surface area contributed by atoms with Gasteiger partial charge >= 0.3 is 0 Å². The first-order chi connectivity index (χ1) is 22.2. The molecular formula is C32H48FN5O8. The summed E-state index contributed by atoms with van der Waals surface area (Å²) in [6.07, 6.45) is 0.306. The van der Waals surface area contributed by atoms with Crippen LogP contribution in [0.15, 0.2) is 30.6 Å². The van der Waals surface area contributed by atoms with Crippen LogP contribution in [0.25, 0.3) is 0 Å². The first kappa shape index (κ1) is 36.0. The Bertz CT molecular complexity index is 1210. The molecule has 0 bridgehead atoms. The minimum Gasteiger partial charge on any atom is -0.394 e. The molecule has 3 heterocycles. The summed E-state index contributed by atoms with van der Waals surface area (Å²) in [7, 11) is 1.65. The lowest BCUT2D eigenvalue weighted by Crippen LogP contribution is -2.54. The fourth-order valence-electron chi connectivity index (χ4n) is 5.83. The van der Waals surface area contributed by atoms with Crippen LogP contribution in [0.5, 0.6) is 0 Å². The second-order valence-corrected chi connectivity index (χ2v) is 12.2. The average molecular weight is 650 g/mol. The average Bonchev–Trinajstić information content (AvgIpc) is 3.07. The van der Waals surface area contributed by atoms with Crippen LogP contribution in [-0.2, 0) is 33.9 Å². The molecule has 0 radical (unpaired) electrons. The maximum atomic E-state index is 14.9. The van der Waals surface area contributed by atoms with Gasteiger partial charge in [0.25, 0.3) is 0 Å². The van der Waals surface area contributed by atoms with Crippen LogP contribution in [0.2, 0.25) is 0 Å². The van der Waals surface area contributed by atoms with Gasteiger partial charge in [0.05, 0.1) is 32.3 Å². The Morgan fingerprint density at radius 3 is 2.26 bits per heavy atom. The molecule has 1 unspecified atom stereocenters. The van der Waals surface area contributed by atoms with Crippen molar-refractivity contribution in [1.82, 2.24) is 19.8 Å². The van der Waals surface area contributed by atoms with Gasteiger partial charge in [-0.2, -0.15) is 0 Å². The van der Waals surface area contributed by atoms with E-state index < -0.39 is 36.8 Å². The summed E-state index contributed by atoms with van der Waals surface area (Å²) in [5.41, 5.74) is 1.97. The number of hydrogen-bond donors (Lipinski definition) is 5. The summed E-state index contributed by atoms with van der Waals surface area (Å²) >= 11 is 0. The standard InChI is InChI=1S/C32H48FN5O8/c1-45-20-24-16-34-32(35-17-24)38-7-4-22(5-8-38)6-13-46-21-23-2-3-25(26(33)14-23)15-29(42)37-11-9-36(10-12-37)18-27(40)30(43)31(44)28(41)19-39/h2-3,14,16-17,22,27-28,30-31,39-41,43-44H,4-13,15,18-21H2,1H3/t27-,28?,30+,31+/m0/s1. The third kappa shape index (κ3) is 10.3. The number of piperazine rings is 1. The Morgan fingerprint density at radius 1 is 0.957 bits per heavy atom. The number of carbonyl (C=O) groups is 1. The Morgan fingerprint density at radius 2 is 1.63 bits per heavy atom. The number of hydrogen-bond acceptors (Lipinski definition) is 12. The molecule has 4 atom stereocenters. The lowest BCUT2D eigenvalue weighted by atomic mass is 9.94. The van der Waals surface area contributed by atoms with E-state index in [2.05, 4.69) is 14.9 Å². The SMILES string of the molecule is COCc1cnc(N2CCC(CCOCc3ccc(CC(=O)N4CCN(C[C@H](O)[C@@H](O)[C@H](O)C(O)CO)CC4)c(F)c3)CC2)nc1. The zero-order valence-electron chi connectivity index (χ0n) is 26.5. The number of ether oxygens (including phenoxy) is 2. The molecule has 2 aromatic rings. The first-order valence-electron chi connectivity index (χ1n) is 15.9. The van der Waals surface area contributed by atoms with Crippen molar-refractivity contribution in [2.75, 3.05) is 71.0 Å². The zero-order valence-corrected chi connectivity index (χ0v) is 26.5. The van der Waals surface area contributed by atoms with E-state index >= 15 is 0 Å². The third-order valence-electron chi connectivity index (χ3n) is 8.79. The molecule has 2 aliphatic heterocycles. The summed E-state index contributed by atoms with van der Waals surface area (Å²) in [5.74, 6) is 0.643. The van der Waals surface area contributed by atoms with Gasteiger partial charge in [-0.15, -0.1) is 0 Å². The van der Waals surface area contributed by atoms with Gasteiger partial charge < -0.3 is 44.8 Å². The van der Waals surface area contributed by atoms with E-state index in [4.69, 9.17) is 14.6 Å². The predicted octanol–water partition coefficient (Wildman–Crippen LogP) is -0.292. The quantitative estimate of drug-likeness (QED) is 0.151. The minimum atomic E-state index is -1.68. The van der Waals surface area contributed by atoms with Crippen LogP contribution in [0.3, 0.4) is 0 Å². The van der Waals surface area contributed by atoms with Crippen molar-refractivity contribution in [3.8, 4) is 0 Å². The number of halogens is 1. The molecule has 0 aliphatic carbocycles. The van der Waals surface area contributed by atoms with Crippen molar-refractivity contribution >= 4 is 11.9 Å². The first-order valence-corrected chi connectivity index (χ1v) is 15.9. The number of anilines is 1. The smallest absolute Gasteiger partial charge is 0.227 e. The fourth-order valence-corrected chi connectivity index (χ4v) is 5.83. The molecule has 1 aromatic heterocycles. The maximum Gasteiger partial charge on any atom is 0.227 e. The number of aliphatic hydroxyl groups is 5. The number of methoxy groups -OCH3 is 1. The number of benzene rings is 1. The predicted molar refractivity (Wildman–Crippen MR) is 166 cm³/mol. The number of aliphatic hydroxyl groups excluding tert-OH is 5. The number of carbonyl (C=O) groups excluding carboxylic acids is 1. The van der Waals surface area contributed by atoms with Crippen LogP contribution in [-0.4, -0.2) is 142 Å². The summed E-state index contributed by atoms with van der Waals surface area (Å²) in [6.45, 7) is 4.02. The number of amides is 1. The van der Waals surface area contributed by atoms with Crippen LogP contribution in [0.1, 0.15) is 36.0 Å². The third-order valence-corrected chi connectivity index (χ3v) is 8.79. The van der Waals surface area contributed by atoms with E-state index in [1.54, 1.807) is 36.5 Å². The van der Waals surface area contributed by atoms with E-state index in [0.29, 0.717) is 63.0 Å². The number of aromatic nitrogens is 2. The number of rotatable bonds is 16. The summed E-state index contributed by atoms with van der Waals surface area (Å²) in [6, 6.07) is 4.84. The second-order valence-electron chi connectivity index (χ2n) is 12.2. The molecule has 2 fully saturated rings. The molecule has 46 heavy (non-hydrogen) atoms. The lowest BCUT2D eigenvalue weighted by Gasteiger charge is -2.37. The molecule has 1 aromatic carbocycles. The van der Waals surface area contributed by atoms with E-state index in [-0.39, 0.29) is 18.9 Å². The van der Waals surface area contributed by atoms with Crippen molar-refractivity contribution < 1.29 is 44.2 Å². The van der Waals surface area contributed by atoms with E-state index in [9.17, 15) is 29.6 Å². The molecule has 5 N–H and O–H groups in total. The molecule has 256 valence electrons. The highest BCUT2D eigenvalue weighted by molar-refractivity contribution is 5.79. The normalized spacial score (nSPS) is 19.2. The maximum absolute atomic E-state index is 14.9. The van der Waals surface area contributed by atoms with Crippen molar-refractivity contribution in [2.24, 2.45) is 5.92 Å². The summed E-state index contributed by atoms with van der Waals surface area (Å²) < 4.78 is 25.8. The second kappa shape index (κ2) is 17.9. The number of nitrogens with zero attached hydrogens (tertiary/aromatic N) is 5. The molecule has 0 saturated carbocycles. The summed E-state index contributed by atoms with van der Waals surface area (Å²) in [5, 5.41) is 48.4. The monoisotopic (exact) mass is 649 g/mol. The molecule has 2 aliphatic rings. The Balaban J connectivity index is 1.12. The van der Waals surface area contributed by atoms with E-state index in [1.807, 2.05) is 4.90 Å². The summed E-state index contributed by atoms with van der Waals surface area (Å²) in [4.78, 5) is 27.4. The highest BCUT2D eigenvalue weighted by Gasteiger charge is 2.32. The van der Waals surface area contributed by atoms with Crippen LogP contribution < -0.4 is 4.90 Å². The minimum absolute atomic E-state index is 0.0240. The van der Waals surface area contributed by atoms with Gasteiger partial charge in [-0.1, -0.05) is 12.1 Å². The van der Waals surface area contributed by atoms with Gasteiger partial charge in [-0.25, -0.2) is 14.4 Å². The largest absolute Gasteiger partial charge is 0.394 e. The number of β-amino-alcohol motifs (C(OH)–C–C–N with tert-alkyl or cyclic N) is 1. The van der Waals surface area contributed by atoms with E-state index in [1.165, 1.54) is 6.07 Å². The van der Waals surface area contributed by atoms with Crippen LogP contribution in [0.4, 0.5) is 10.3 Å². The van der Waals surface area contributed by atoms with Crippen LogP contribution >= 0.6 is 0 Å². The Labute approximate surface area is 269 Å².